The summed E-state index contributed by atoms with van der Waals surface area (Å²) in [5, 5.41) is 0. The van der Waals surface area contributed by atoms with Crippen LogP contribution in [0.25, 0.3) is 0 Å². The first-order valence-electron chi connectivity index (χ1n) is 7.35. The van der Waals surface area contributed by atoms with Gasteiger partial charge in [0.1, 0.15) is 6.54 Å². The molecule has 1 saturated heterocycles. The Balaban J connectivity index is 2.13. The molecule has 1 aliphatic carbocycles. The molecule has 0 aromatic heterocycles. The lowest BCUT2D eigenvalue weighted by molar-refractivity contribution is -0.128. The molecule has 3 atom stereocenters. The largest absolute Gasteiger partial charge is 0.330 e. The molecule has 0 bridgehead atoms. The van der Waals surface area contributed by atoms with Crippen LogP contribution in [0.1, 0.15) is 39.0 Å². The maximum absolute atomic E-state index is 12.1. The predicted octanol–water partition coefficient (Wildman–Crippen LogP) is 1.42. The van der Waals surface area contributed by atoms with Crippen molar-refractivity contribution in [3.8, 4) is 0 Å². The molecule has 5 heteroatoms. The molecule has 1 saturated carbocycles. The first kappa shape index (κ1) is 14.3. The van der Waals surface area contributed by atoms with Gasteiger partial charge in [-0.05, 0) is 37.6 Å². The molecule has 2 N–H and O–H groups in total. The third kappa shape index (κ3) is 2.76. The van der Waals surface area contributed by atoms with Crippen molar-refractivity contribution in [2.75, 3.05) is 20.1 Å². The van der Waals surface area contributed by atoms with Crippen LogP contribution in [0.15, 0.2) is 0 Å². The van der Waals surface area contributed by atoms with Crippen molar-refractivity contribution >= 4 is 11.9 Å². The zero-order valence-corrected chi connectivity index (χ0v) is 12.0. The number of urea groups is 1. The van der Waals surface area contributed by atoms with Gasteiger partial charge in [0.05, 0.1) is 0 Å². The van der Waals surface area contributed by atoms with Gasteiger partial charge in [0.25, 0.3) is 5.91 Å². The molecular formula is C14H25N3O2. The lowest BCUT2D eigenvalue weighted by Gasteiger charge is -2.39. The van der Waals surface area contributed by atoms with E-state index >= 15 is 0 Å². The van der Waals surface area contributed by atoms with Gasteiger partial charge in [-0.2, -0.15) is 0 Å². The lowest BCUT2D eigenvalue weighted by Crippen LogP contribution is -2.49. The minimum Gasteiger partial charge on any atom is -0.330 e. The molecule has 2 rings (SSSR count). The first-order chi connectivity index (χ1) is 9.08. The summed E-state index contributed by atoms with van der Waals surface area (Å²) in [7, 11) is 1.68. The zero-order valence-electron chi connectivity index (χ0n) is 12.0. The minimum absolute atomic E-state index is 0.0141. The summed E-state index contributed by atoms with van der Waals surface area (Å²) in [5.41, 5.74) is 5.84. The van der Waals surface area contributed by atoms with Crippen molar-refractivity contribution in [1.29, 1.82) is 0 Å². The highest BCUT2D eigenvalue weighted by Crippen LogP contribution is 2.35. The predicted molar refractivity (Wildman–Crippen MR) is 73.5 cm³/mol. The van der Waals surface area contributed by atoms with Crippen LogP contribution < -0.4 is 5.73 Å². The minimum atomic E-state index is -0.148. The van der Waals surface area contributed by atoms with Gasteiger partial charge in [-0.15, -0.1) is 0 Å². The second-order valence-electron chi connectivity index (χ2n) is 5.93. The molecule has 3 amide bonds. The van der Waals surface area contributed by atoms with E-state index in [0.29, 0.717) is 12.5 Å². The van der Waals surface area contributed by atoms with Crippen LogP contribution in [0.5, 0.6) is 0 Å². The van der Waals surface area contributed by atoms with Gasteiger partial charge in [0, 0.05) is 13.1 Å². The van der Waals surface area contributed by atoms with Gasteiger partial charge in [-0.1, -0.05) is 19.8 Å². The van der Waals surface area contributed by atoms with E-state index in [1.54, 1.807) is 7.05 Å². The molecule has 0 aromatic carbocycles. The third-order valence-electron chi connectivity index (χ3n) is 4.57. The Morgan fingerprint density at radius 1 is 1.32 bits per heavy atom. The summed E-state index contributed by atoms with van der Waals surface area (Å²) in [6.07, 6.45) is 5.48. The van der Waals surface area contributed by atoms with Crippen molar-refractivity contribution < 1.29 is 9.59 Å². The van der Waals surface area contributed by atoms with Gasteiger partial charge in [0.15, 0.2) is 0 Å². The first-order valence-corrected chi connectivity index (χ1v) is 7.35. The van der Waals surface area contributed by atoms with E-state index in [2.05, 4.69) is 6.92 Å². The summed E-state index contributed by atoms with van der Waals surface area (Å²) in [6.45, 7) is 2.96. The fraction of sp³-hybridized carbons (Fsp3) is 0.857. The van der Waals surface area contributed by atoms with E-state index in [9.17, 15) is 9.59 Å². The van der Waals surface area contributed by atoms with Crippen LogP contribution in [-0.2, 0) is 4.79 Å². The van der Waals surface area contributed by atoms with Crippen LogP contribution in [0, 0.1) is 11.8 Å². The second kappa shape index (κ2) is 5.90. The number of likely N-dealkylation sites (N-methyl/N-ethyl adjacent to an activating group) is 1. The molecule has 19 heavy (non-hydrogen) atoms. The smallest absolute Gasteiger partial charge is 0.327 e. The maximum Gasteiger partial charge on any atom is 0.327 e. The number of carbonyl (C=O) groups excluding carboxylic acids is 2. The van der Waals surface area contributed by atoms with E-state index in [1.807, 2.05) is 0 Å². The molecule has 5 nitrogen and oxygen atoms in total. The van der Waals surface area contributed by atoms with Crippen LogP contribution >= 0.6 is 0 Å². The Bertz CT molecular complexity index is 359. The summed E-state index contributed by atoms with van der Waals surface area (Å²) in [6, 6.07) is -0.133. The van der Waals surface area contributed by atoms with Gasteiger partial charge in [-0.3, -0.25) is 9.69 Å². The number of imide groups is 1. The quantitative estimate of drug-likeness (QED) is 0.783. The standard InChI is InChI=1S/C14H25N3O2/c1-3-4-10-5-6-11(8-15)12(7-10)17-13(18)9-16(2)14(17)19/h10-12H,3-9,15H2,1-2H3. The summed E-state index contributed by atoms with van der Waals surface area (Å²) in [5.74, 6) is 0.838. The summed E-state index contributed by atoms with van der Waals surface area (Å²) in [4.78, 5) is 27.2. The van der Waals surface area contributed by atoms with E-state index in [4.69, 9.17) is 5.73 Å². The molecule has 2 fully saturated rings. The molecule has 0 radical (unpaired) electrons. The Morgan fingerprint density at radius 2 is 2.05 bits per heavy atom. The molecule has 108 valence electrons. The molecular weight excluding hydrogens is 242 g/mol. The average Bonchev–Trinajstić information content (AvgIpc) is 2.63. The fourth-order valence-corrected chi connectivity index (χ4v) is 3.52. The number of nitrogens with two attached hydrogens (primary N) is 1. The highest BCUT2D eigenvalue weighted by molar-refractivity contribution is 6.02. The van der Waals surface area contributed by atoms with Crippen molar-refractivity contribution in [1.82, 2.24) is 9.80 Å². The van der Waals surface area contributed by atoms with Crippen LogP contribution in [0.2, 0.25) is 0 Å². The molecule has 0 aromatic rings. The number of carbonyl (C=O) groups is 2. The molecule has 1 aliphatic heterocycles. The average molecular weight is 267 g/mol. The molecule has 0 spiro atoms. The monoisotopic (exact) mass is 267 g/mol. The summed E-state index contributed by atoms with van der Waals surface area (Å²) < 4.78 is 0. The van der Waals surface area contributed by atoms with Crippen molar-refractivity contribution in [2.24, 2.45) is 17.6 Å². The van der Waals surface area contributed by atoms with Crippen molar-refractivity contribution in [2.45, 2.75) is 45.1 Å². The molecule has 2 aliphatic rings. The van der Waals surface area contributed by atoms with Gasteiger partial charge in [0.2, 0.25) is 0 Å². The van der Waals surface area contributed by atoms with E-state index < -0.39 is 0 Å². The van der Waals surface area contributed by atoms with Crippen LogP contribution in [0.3, 0.4) is 0 Å². The van der Waals surface area contributed by atoms with E-state index in [1.165, 1.54) is 22.6 Å². The number of hydrogen-bond acceptors (Lipinski definition) is 3. The zero-order chi connectivity index (χ0) is 14.0. The van der Waals surface area contributed by atoms with E-state index in [-0.39, 0.29) is 30.4 Å². The van der Waals surface area contributed by atoms with Gasteiger partial charge < -0.3 is 10.6 Å². The summed E-state index contributed by atoms with van der Waals surface area (Å²) >= 11 is 0. The van der Waals surface area contributed by atoms with E-state index in [0.717, 1.165) is 19.3 Å². The topological polar surface area (TPSA) is 66.6 Å². The van der Waals surface area contributed by atoms with Gasteiger partial charge >= 0.3 is 6.03 Å². The third-order valence-corrected chi connectivity index (χ3v) is 4.57. The maximum atomic E-state index is 12.1. The normalized spacial score (nSPS) is 32.3. The highest BCUT2D eigenvalue weighted by atomic mass is 16.2. The Labute approximate surface area is 115 Å². The second-order valence-corrected chi connectivity index (χ2v) is 5.93. The molecule has 1 heterocycles. The van der Waals surface area contributed by atoms with Crippen LogP contribution in [0.4, 0.5) is 4.79 Å². The number of amides is 3. The molecule has 3 unspecified atom stereocenters. The number of nitrogens with zero attached hydrogens (tertiary/aromatic N) is 2. The van der Waals surface area contributed by atoms with Gasteiger partial charge in [-0.25, -0.2) is 4.79 Å². The van der Waals surface area contributed by atoms with Crippen LogP contribution in [-0.4, -0.2) is 47.9 Å². The SMILES string of the molecule is CCCC1CCC(CN)C(N2C(=O)CN(C)C2=O)C1. The fourth-order valence-electron chi connectivity index (χ4n) is 3.52. The highest BCUT2D eigenvalue weighted by Gasteiger charge is 2.43. The Hall–Kier alpha value is -1.10. The Kier molecular flexibility index (Phi) is 4.45. The lowest BCUT2D eigenvalue weighted by atomic mass is 9.76. The number of rotatable bonds is 4. The Morgan fingerprint density at radius 3 is 2.58 bits per heavy atom. The van der Waals surface area contributed by atoms with Crippen molar-refractivity contribution in [3.63, 3.8) is 0 Å². The number of hydrogen-bond donors (Lipinski definition) is 1. The van der Waals surface area contributed by atoms with Crippen molar-refractivity contribution in [3.05, 3.63) is 0 Å².